The first-order valence-corrected chi connectivity index (χ1v) is 6.69. The second-order valence-electron chi connectivity index (χ2n) is 3.82. The van der Waals surface area contributed by atoms with Crippen molar-refractivity contribution < 1.29 is 4.74 Å². The van der Waals surface area contributed by atoms with Gasteiger partial charge in [-0.2, -0.15) is 19.6 Å². The van der Waals surface area contributed by atoms with Gasteiger partial charge in [-0.3, -0.25) is 0 Å². The van der Waals surface area contributed by atoms with Gasteiger partial charge in [0.2, 0.25) is 0 Å². The van der Waals surface area contributed by atoms with Gasteiger partial charge in [0.25, 0.3) is 5.78 Å². The van der Waals surface area contributed by atoms with Crippen molar-refractivity contribution in [1.82, 2.24) is 19.6 Å². The fourth-order valence-electron chi connectivity index (χ4n) is 1.81. The van der Waals surface area contributed by atoms with Crippen molar-refractivity contribution in [2.75, 3.05) is 13.2 Å². The maximum atomic E-state index is 5.97. The molecule has 0 amide bonds. The van der Waals surface area contributed by atoms with Gasteiger partial charge in [0.1, 0.15) is 16.5 Å². The van der Waals surface area contributed by atoms with Crippen LogP contribution in [0.3, 0.4) is 0 Å². The predicted octanol–water partition coefficient (Wildman–Crippen LogP) is 2.05. The minimum Gasteiger partial charge on any atom is -0.381 e. The summed E-state index contributed by atoms with van der Waals surface area (Å²) >= 11 is 7.74. The third-order valence-electron chi connectivity index (χ3n) is 2.64. The molecule has 3 rings (SSSR count). The lowest BCUT2D eigenvalue weighted by molar-refractivity contribution is 0.1000. The van der Waals surface area contributed by atoms with Crippen LogP contribution in [0.2, 0.25) is 5.15 Å². The van der Waals surface area contributed by atoms with E-state index in [2.05, 4.69) is 15.1 Å². The van der Waals surface area contributed by atoms with Crippen molar-refractivity contribution >= 4 is 29.1 Å². The van der Waals surface area contributed by atoms with Crippen LogP contribution in [0.5, 0.6) is 0 Å². The lowest BCUT2D eigenvalue weighted by Gasteiger charge is -2.21. The van der Waals surface area contributed by atoms with Crippen molar-refractivity contribution in [3.05, 3.63) is 17.5 Å². The molecular formula is C10H11ClN4OS. The van der Waals surface area contributed by atoms with Crippen molar-refractivity contribution in [1.29, 1.82) is 0 Å². The number of halogens is 1. The first kappa shape index (κ1) is 11.3. The molecule has 1 fully saturated rings. The van der Waals surface area contributed by atoms with E-state index in [0.717, 1.165) is 31.1 Å². The van der Waals surface area contributed by atoms with Gasteiger partial charge < -0.3 is 4.74 Å². The molecule has 0 atom stereocenters. The maximum Gasteiger partial charge on any atom is 0.254 e. The zero-order valence-electron chi connectivity index (χ0n) is 9.04. The van der Waals surface area contributed by atoms with Crippen LogP contribution in [0.1, 0.15) is 12.8 Å². The summed E-state index contributed by atoms with van der Waals surface area (Å²) in [7, 11) is 0. The van der Waals surface area contributed by atoms with Crippen LogP contribution in [0.4, 0.5) is 0 Å². The zero-order chi connectivity index (χ0) is 11.7. The summed E-state index contributed by atoms with van der Waals surface area (Å²) < 4.78 is 7.08. The average Bonchev–Trinajstić information content (AvgIpc) is 2.78. The average molecular weight is 271 g/mol. The van der Waals surface area contributed by atoms with Crippen LogP contribution in [0, 0.1) is 0 Å². The molecule has 2 aromatic heterocycles. The lowest BCUT2D eigenvalue weighted by Crippen LogP contribution is -2.17. The summed E-state index contributed by atoms with van der Waals surface area (Å²) in [5, 5.41) is 6.16. The molecule has 0 unspecified atom stereocenters. The minimum atomic E-state index is 0.458. The molecule has 0 bridgehead atoms. The second-order valence-corrected chi connectivity index (χ2v) is 5.53. The van der Waals surface area contributed by atoms with E-state index in [4.69, 9.17) is 16.3 Å². The van der Waals surface area contributed by atoms with E-state index >= 15 is 0 Å². The largest absolute Gasteiger partial charge is 0.381 e. The summed E-state index contributed by atoms with van der Waals surface area (Å²) in [6.45, 7) is 1.66. The highest BCUT2D eigenvalue weighted by Gasteiger charge is 2.17. The molecule has 90 valence electrons. The Morgan fingerprint density at radius 1 is 1.41 bits per heavy atom. The van der Waals surface area contributed by atoms with Crippen LogP contribution in [0.25, 0.3) is 5.78 Å². The Balaban J connectivity index is 1.90. The topological polar surface area (TPSA) is 52.3 Å². The summed E-state index contributed by atoms with van der Waals surface area (Å²) in [5.74, 6) is 0.548. The maximum absolute atomic E-state index is 5.97. The van der Waals surface area contributed by atoms with Gasteiger partial charge in [-0.25, -0.2) is 0 Å². The molecule has 7 heteroatoms. The van der Waals surface area contributed by atoms with Gasteiger partial charge in [0.05, 0.1) is 0 Å². The van der Waals surface area contributed by atoms with Gasteiger partial charge in [-0.15, -0.1) is 11.8 Å². The number of thioether (sulfide) groups is 1. The van der Waals surface area contributed by atoms with Crippen LogP contribution < -0.4 is 0 Å². The van der Waals surface area contributed by atoms with Crippen LogP contribution in [0.15, 0.2) is 17.4 Å². The predicted molar refractivity (Wildman–Crippen MR) is 65.5 cm³/mol. The van der Waals surface area contributed by atoms with E-state index in [-0.39, 0.29) is 0 Å². The normalized spacial score (nSPS) is 17.7. The first-order chi connectivity index (χ1) is 8.33. The smallest absolute Gasteiger partial charge is 0.254 e. The number of hydrogen-bond donors (Lipinski definition) is 0. The summed E-state index contributed by atoms with van der Waals surface area (Å²) in [5.41, 5.74) is 0. The number of nitrogens with zero attached hydrogens (tertiary/aromatic N) is 4. The number of rotatable bonds is 2. The molecule has 5 nitrogen and oxygen atoms in total. The molecule has 1 aliphatic rings. The van der Waals surface area contributed by atoms with E-state index in [9.17, 15) is 0 Å². The van der Waals surface area contributed by atoms with E-state index in [0.29, 0.717) is 16.2 Å². The molecule has 1 aliphatic heterocycles. The molecule has 3 heterocycles. The van der Waals surface area contributed by atoms with Crippen molar-refractivity contribution in [3.8, 4) is 0 Å². The Bertz CT molecular complexity index is 526. The lowest BCUT2D eigenvalue weighted by atomic mass is 10.2. The van der Waals surface area contributed by atoms with E-state index in [1.54, 1.807) is 16.3 Å². The van der Waals surface area contributed by atoms with E-state index in [1.807, 2.05) is 6.07 Å². The number of fused-ring (bicyclic) bond motifs is 1. The first-order valence-electron chi connectivity index (χ1n) is 5.43. The van der Waals surface area contributed by atoms with Crippen LogP contribution >= 0.6 is 23.4 Å². The highest BCUT2D eigenvalue weighted by atomic mass is 35.5. The Hall–Kier alpha value is -0.850. The molecule has 17 heavy (non-hydrogen) atoms. The molecule has 0 N–H and O–H groups in total. The van der Waals surface area contributed by atoms with Gasteiger partial charge in [-0.1, -0.05) is 11.6 Å². The zero-order valence-corrected chi connectivity index (χ0v) is 10.6. The minimum absolute atomic E-state index is 0.458. The Labute approximate surface area is 108 Å². The Morgan fingerprint density at radius 2 is 2.24 bits per heavy atom. The standard InChI is InChI=1S/C10H11ClN4OS/c11-8-5-9(15-10(14-8)12-6-13-15)17-7-1-3-16-4-2-7/h5-7H,1-4H2. The van der Waals surface area contributed by atoms with Gasteiger partial charge in [-0.05, 0) is 12.8 Å². The fourth-order valence-corrected chi connectivity index (χ4v) is 3.23. The van der Waals surface area contributed by atoms with E-state index in [1.165, 1.54) is 6.33 Å². The van der Waals surface area contributed by atoms with E-state index < -0.39 is 0 Å². The molecule has 0 spiro atoms. The second kappa shape index (κ2) is 4.80. The molecule has 0 radical (unpaired) electrons. The quantitative estimate of drug-likeness (QED) is 0.782. The third-order valence-corrected chi connectivity index (χ3v) is 4.17. The van der Waals surface area contributed by atoms with Crippen LogP contribution in [-0.4, -0.2) is 38.0 Å². The number of aromatic nitrogens is 4. The van der Waals surface area contributed by atoms with Crippen molar-refractivity contribution in [3.63, 3.8) is 0 Å². The van der Waals surface area contributed by atoms with Gasteiger partial charge >= 0.3 is 0 Å². The highest BCUT2D eigenvalue weighted by molar-refractivity contribution is 7.99. The molecule has 0 aromatic carbocycles. The van der Waals surface area contributed by atoms with Crippen molar-refractivity contribution in [2.24, 2.45) is 0 Å². The summed E-state index contributed by atoms with van der Waals surface area (Å²) in [6.07, 6.45) is 3.61. The van der Waals surface area contributed by atoms with Crippen molar-refractivity contribution in [2.45, 2.75) is 23.1 Å². The molecular weight excluding hydrogens is 260 g/mol. The Morgan fingerprint density at radius 3 is 3.06 bits per heavy atom. The molecule has 1 saturated heterocycles. The summed E-state index contributed by atoms with van der Waals surface area (Å²) in [4.78, 5) is 8.16. The summed E-state index contributed by atoms with van der Waals surface area (Å²) in [6, 6.07) is 1.84. The van der Waals surface area contributed by atoms with Gasteiger partial charge in [0.15, 0.2) is 0 Å². The van der Waals surface area contributed by atoms with Crippen LogP contribution in [-0.2, 0) is 4.74 Å². The molecule has 2 aromatic rings. The number of ether oxygens (including phenoxy) is 1. The van der Waals surface area contributed by atoms with Gasteiger partial charge in [0, 0.05) is 24.5 Å². The molecule has 0 saturated carbocycles. The SMILES string of the molecule is Clc1cc(SC2CCOCC2)n2ncnc2n1. The Kier molecular flexibility index (Phi) is 3.17. The fraction of sp³-hybridized carbons (Fsp3) is 0.500. The monoisotopic (exact) mass is 270 g/mol. The third kappa shape index (κ3) is 2.38. The number of hydrogen-bond acceptors (Lipinski definition) is 5. The highest BCUT2D eigenvalue weighted by Crippen LogP contribution is 2.30. The molecule has 0 aliphatic carbocycles.